The Morgan fingerprint density at radius 1 is 0.538 bits per heavy atom. The van der Waals surface area contributed by atoms with Crippen molar-refractivity contribution >= 4 is 35.8 Å². The summed E-state index contributed by atoms with van der Waals surface area (Å²) in [5.41, 5.74) is 18.0. The minimum atomic E-state index is -1.08. The first-order chi connectivity index (χ1) is 25.1. The molecular weight excluding hydrogens is 672 g/mol. The lowest BCUT2D eigenvalue weighted by atomic mass is 10.1. The van der Waals surface area contributed by atoms with Gasteiger partial charge in [-0.1, -0.05) is 60.7 Å². The number of benzene rings is 2. The Bertz CT molecular complexity index is 1380. The first-order valence-electron chi connectivity index (χ1n) is 17.6. The molecule has 0 aromatic heterocycles. The molecule has 2 rings (SSSR count). The third-order valence-corrected chi connectivity index (χ3v) is 7.83. The third-order valence-electron chi connectivity index (χ3n) is 7.83. The van der Waals surface area contributed by atoms with Crippen LogP contribution in [-0.4, -0.2) is 80.1 Å². The van der Waals surface area contributed by atoms with E-state index in [0.717, 1.165) is 11.1 Å². The number of amides is 6. The van der Waals surface area contributed by atoms with Crippen LogP contribution < -0.4 is 43.8 Å². The fourth-order valence-corrected chi connectivity index (χ4v) is 4.98. The molecule has 16 heteroatoms. The van der Waals surface area contributed by atoms with Gasteiger partial charge in [0.1, 0.15) is 31.3 Å². The summed E-state index contributed by atoms with van der Waals surface area (Å²) in [7, 11) is 0. The van der Waals surface area contributed by atoms with Gasteiger partial charge in [0.2, 0.25) is 23.6 Å². The normalized spacial score (nSPS) is 12.3. The molecule has 0 bridgehead atoms. The van der Waals surface area contributed by atoms with E-state index in [2.05, 4.69) is 26.6 Å². The zero-order valence-electron chi connectivity index (χ0n) is 29.6. The number of ether oxygens (including phenoxy) is 2. The minimum absolute atomic E-state index is 0.00134. The third kappa shape index (κ3) is 18.7. The lowest BCUT2D eigenvalue weighted by Gasteiger charge is -2.23. The van der Waals surface area contributed by atoms with E-state index in [4.69, 9.17) is 26.7 Å². The summed E-state index contributed by atoms with van der Waals surface area (Å²) in [4.78, 5) is 75.8. The molecule has 16 nitrogen and oxygen atoms in total. The average Bonchev–Trinajstić information content (AvgIpc) is 3.14. The van der Waals surface area contributed by atoms with Crippen molar-refractivity contribution in [2.75, 3.05) is 26.2 Å². The Morgan fingerprint density at radius 3 is 1.42 bits per heavy atom. The standard InChI is InChI=1S/C36H54N8O8/c37-20-10-7-17-29(43-35(49)51-24-26-13-3-1-4-14-26)32(46)40-22-12-9-19-28(33(47)41-23-31(39)45)42-34(48)30(18-8-11-21-38)44-36(50)52-25-27-15-5-2-6-16-27/h1-6,13-16,28-30H,7-12,17-25,37-38H2,(H2,39,45)(H,40,46)(H,41,47)(H,42,48)(H,43,49)(H,44,50)/t28-,29-,30-/m0/s1. The van der Waals surface area contributed by atoms with Gasteiger partial charge in [-0.25, -0.2) is 9.59 Å². The van der Waals surface area contributed by atoms with Gasteiger partial charge < -0.3 is 53.3 Å². The maximum atomic E-state index is 13.4. The predicted octanol–water partition coefficient (Wildman–Crippen LogP) is 1.21. The summed E-state index contributed by atoms with van der Waals surface area (Å²) in [6.07, 6.45) is 2.43. The van der Waals surface area contributed by atoms with Crippen LogP contribution in [0.1, 0.15) is 68.9 Å². The maximum absolute atomic E-state index is 13.4. The number of alkyl carbamates (subject to hydrolysis) is 2. The van der Waals surface area contributed by atoms with Gasteiger partial charge in [-0.15, -0.1) is 0 Å². The van der Waals surface area contributed by atoms with Gasteiger partial charge >= 0.3 is 12.2 Å². The Hall–Kier alpha value is -5.22. The van der Waals surface area contributed by atoms with E-state index in [-0.39, 0.29) is 32.6 Å². The van der Waals surface area contributed by atoms with Crippen LogP contribution in [0.15, 0.2) is 60.7 Å². The van der Waals surface area contributed by atoms with Gasteiger partial charge in [-0.3, -0.25) is 19.2 Å². The van der Waals surface area contributed by atoms with Gasteiger partial charge in [0.05, 0.1) is 6.54 Å². The molecule has 6 amide bonds. The van der Waals surface area contributed by atoms with Gasteiger partial charge in [0, 0.05) is 6.54 Å². The SMILES string of the molecule is NCCCC[C@H](NC(=O)OCc1ccccc1)C(=O)NCCCC[C@H](NC(=O)[C@H](CCCCN)NC(=O)OCc1ccccc1)C(=O)NCC(N)=O. The number of hydrogen-bond acceptors (Lipinski definition) is 10. The van der Waals surface area contributed by atoms with Crippen molar-refractivity contribution in [3.8, 4) is 0 Å². The second kappa shape index (κ2) is 25.7. The highest BCUT2D eigenvalue weighted by atomic mass is 16.6. The van der Waals surface area contributed by atoms with Gasteiger partial charge in [0.15, 0.2) is 0 Å². The zero-order chi connectivity index (χ0) is 38.0. The zero-order valence-corrected chi connectivity index (χ0v) is 29.6. The van der Waals surface area contributed by atoms with Crippen LogP contribution >= 0.6 is 0 Å². The van der Waals surface area contributed by atoms with E-state index in [1.54, 1.807) is 12.1 Å². The summed E-state index contributed by atoms with van der Waals surface area (Å²) in [6.45, 7) is 0.675. The topological polar surface area (TPSA) is 259 Å². The molecule has 0 unspecified atom stereocenters. The fourth-order valence-electron chi connectivity index (χ4n) is 4.98. The van der Waals surface area contributed by atoms with Crippen LogP contribution in [0, 0.1) is 0 Å². The minimum Gasteiger partial charge on any atom is -0.445 e. The maximum Gasteiger partial charge on any atom is 0.408 e. The van der Waals surface area contributed by atoms with Crippen LogP contribution in [0.3, 0.4) is 0 Å². The molecule has 0 aliphatic rings. The monoisotopic (exact) mass is 726 g/mol. The van der Waals surface area contributed by atoms with E-state index in [0.29, 0.717) is 58.0 Å². The number of hydrogen-bond donors (Lipinski definition) is 8. The Morgan fingerprint density at radius 2 is 0.962 bits per heavy atom. The Kier molecular flexibility index (Phi) is 21.2. The Labute approximate surface area is 304 Å². The van der Waals surface area contributed by atoms with Gasteiger partial charge in [-0.05, 0) is 82.0 Å². The van der Waals surface area contributed by atoms with E-state index >= 15 is 0 Å². The number of carbonyl (C=O) groups is 6. The lowest BCUT2D eigenvalue weighted by Crippen LogP contribution is -2.54. The van der Waals surface area contributed by atoms with E-state index < -0.39 is 60.5 Å². The molecule has 52 heavy (non-hydrogen) atoms. The second-order valence-corrected chi connectivity index (χ2v) is 12.1. The molecule has 0 spiro atoms. The number of nitrogens with one attached hydrogen (secondary N) is 5. The van der Waals surface area contributed by atoms with Crippen molar-refractivity contribution in [3.05, 3.63) is 71.8 Å². The average molecular weight is 727 g/mol. The lowest BCUT2D eigenvalue weighted by molar-refractivity contribution is -0.131. The van der Waals surface area contributed by atoms with Crippen molar-refractivity contribution in [1.29, 1.82) is 0 Å². The molecule has 11 N–H and O–H groups in total. The van der Waals surface area contributed by atoms with Crippen LogP contribution in [-0.2, 0) is 41.9 Å². The predicted molar refractivity (Wildman–Crippen MR) is 194 cm³/mol. The van der Waals surface area contributed by atoms with Gasteiger partial charge in [0.25, 0.3) is 0 Å². The number of primary amides is 1. The van der Waals surface area contributed by atoms with Crippen LogP contribution in [0.2, 0.25) is 0 Å². The highest BCUT2D eigenvalue weighted by Crippen LogP contribution is 2.08. The van der Waals surface area contributed by atoms with Crippen LogP contribution in [0.5, 0.6) is 0 Å². The highest BCUT2D eigenvalue weighted by molar-refractivity contribution is 5.92. The van der Waals surface area contributed by atoms with Crippen molar-refractivity contribution in [1.82, 2.24) is 26.6 Å². The van der Waals surface area contributed by atoms with Gasteiger partial charge in [-0.2, -0.15) is 0 Å². The fraction of sp³-hybridized carbons (Fsp3) is 0.500. The number of carbonyl (C=O) groups excluding carboxylic acids is 6. The first-order valence-corrected chi connectivity index (χ1v) is 17.6. The molecular formula is C36H54N8O8. The van der Waals surface area contributed by atoms with E-state index in [9.17, 15) is 28.8 Å². The van der Waals surface area contributed by atoms with Crippen molar-refractivity contribution in [2.45, 2.75) is 89.1 Å². The van der Waals surface area contributed by atoms with Crippen molar-refractivity contribution in [3.63, 3.8) is 0 Å². The van der Waals surface area contributed by atoms with E-state index in [1.807, 2.05) is 48.5 Å². The Balaban J connectivity index is 1.95. The van der Waals surface area contributed by atoms with E-state index in [1.165, 1.54) is 0 Å². The molecule has 0 saturated heterocycles. The molecule has 0 saturated carbocycles. The molecule has 0 aliphatic heterocycles. The largest absolute Gasteiger partial charge is 0.445 e. The summed E-state index contributed by atoms with van der Waals surface area (Å²) >= 11 is 0. The number of unbranched alkanes of at least 4 members (excludes halogenated alkanes) is 3. The van der Waals surface area contributed by atoms with Crippen LogP contribution in [0.25, 0.3) is 0 Å². The van der Waals surface area contributed by atoms with Crippen molar-refractivity contribution < 1.29 is 38.2 Å². The molecule has 2 aromatic carbocycles. The number of rotatable bonds is 25. The summed E-state index contributed by atoms with van der Waals surface area (Å²) in [6, 6.07) is 15.2. The summed E-state index contributed by atoms with van der Waals surface area (Å²) in [5, 5.41) is 13.1. The molecule has 0 radical (unpaired) electrons. The quantitative estimate of drug-likeness (QED) is 0.0678. The highest BCUT2D eigenvalue weighted by Gasteiger charge is 2.27. The molecule has 2 aromatic rings. The van der Waals surface area contributed by atoms with Crippen LogP contribution in [0.4, 0.5) is 9.59 Å². The summed E-state index contributed by atoms with van der Waals surface area (Å²) in [5.74, 6) is -2.42. The van der Waals surface area contributed by atoms with Crippen molar-refractivity contribution in [2.24, 2.45) is 17.2 Å². The molecule has 3 atom stereocenters. The summed E-state index contributed by atoms with van der Waals surface area (Å²) < 4.78 is 10.6. The molecule has 0 heterocycles. The molecule has 286 valence electrons. The molecule has 0 fully saturated rings. The second-order valence-electron chi connectivity index (χ2n) is 12.1. The first kappa shape index (κ1) is 42.9. The number of nitrogens with two attached hydrogens (primary N) is 3. The smallest absolute Gasteiger partial charge is 0.408 e. The molecule has 0 aliphatic carbocycles.